The van der Waals surface area contributed by atoms with E-state index in [-0.39, 0.29) is 0 Å². The Labute approximate surface area is 125 Å². The molecule has 0 aromatic heterocycles. The predicted molar refractivity (Wildman–Crippen MR) is 88.3 cm³/mol. The lowest BCUT2D eigenvalue weighted by molar-refractivity contribution is 0.278. The molecular formula is C16H34N4. The molecule has 1 saturated carbocycles. The topological polar surface area (TPSA) is 39.7 Å². The van der Waals surface area contributed by atoms with Gasteiger partial charge < -0.3 is 15.5 Å². The smallest absolute Gasteiger partial charge is 0.191 e. The summed E-state index contributed by atoms with van der Waals surface area (Å²) < 4.78 is 0. The lowest BCUT2D eigenvalue weighted by atomic mass is 10.0. The van der Waals surface area contributed by atoms with E-state index in [0.717, 1.165) is 31.5 Å². The van der Waals surface area contributed by atoms with Gasteiger partial charge in [0.25, 0.3) is 0 Å². The molecule has 0 aromatic rings. The molecule has 4 heteroatoms. The molecule has 0 amide bonds. The Morgan fingerprint density at radius 2 is 1.85 bits per heavy atom. The van der Waals surface area contributed by atoms with Crippen molar-refractivity contribution in [1.29, 1.82) is 0 Å². The van der Waals surface area contributed by atoms with Crippen molar-refractivity contribution in [2.75, 3.05) is 33.7 Å². The first-order valence-corrected chi connectivity index (χ1v) is 8.28. The third kappa shape index (κ3) is 7.13. The zero-order valence-electron chi connectivity index (χ0n) is 13.9. The monoisotopic (exact) mass is 282 g/mol. The van der Waals surface area contributed by atoms with Crippen molar-refractivity contribution in [1.82, 2.24) is 15.5 Å². The van der Waals surface area contributed by atoms with Crippen LogP contribution in [0.5, 0.6) is 0 Å². The van der Waals surface area contributed by atoms with Crippen molar-refractivity contribution in [3.8, 4) is 0 Å². The average Bonchev–Trinajstić information content (AvgIpc) is 2.94. The molecule has 2 N–H and O–H groups in total. The maximum Gasteiger partial charge on any atom is 0.191 e. The number of rotatable bonds is 8. The lowest BCUT2D eigenvalue weighted by Gasteiger charge is -2.21. The molecule has 0 radical (unpaired) electrons. The molecule has 1 fully saturated rings. The minimum Gasteiger partial charge on any atom is -0.356 e. The van der Waals surface area contributed by atoms with Gasteiger partial charge in [0.15, 0.2) is 5.96 Å². The average molecular weight is 282 g/mol. The SMILES string of the molecule is CN=C(NCCCC1CCCC1)NCCN(C)C(C)C. The molecular weight excluding hydrogens is 248 g/mol. The van der Waals surface area contributed by atoms with Crippen molar-refractivity contribution >= 4 is 5.96 Å². The van der Waals surface area contributed by atoms with Crippen LogP contribution in [0, 0.1) is 5.92 Å². The van der Waals surface area contributed by atoms with Crippen LogP contribution in [0.15, 0.2) is 4.99 Å². The van der Waals surface area contributed by atoms with Gasteiger partial charge in [0.05, 0.1) is 0 Å². The van der Waals surface area contributed by atoms with Crippen LogP contribution < -0.4 is 10.6 Å². The van der Waals surface area contributed by atoms with E-state index in [0.29, 0.717) is 6.04 Å². The molecule has 0 aromatic carbocycles. The quantitative estimate of drug-likeness (QED) is 0.408. The van der Waals surface area contributed by atoms with Crippen LogP contribution in [0.4, 0.5) is 0 Å². The number of hydrogen-bond donors (Lipinski definition) is 2. The summed E-state index contributed by atoms with van der Waals surface area (Å²) in [6.07, 6.45) is 8.44. The molecule has 1 aliphatic rings. The number of guanidine groups is 1. The molecule has 20 heavy (non-hydrogen) atoms. The highest BCUT2D eigenvalue weighted by Crippen LogP contribution is 2.28. The second-order valence-corrected chi connectivity index (χ2v) is 6.29. The fourth-order valence-corrected chi connectivity index (χ4v) is 2.73. The van der Waals surface area contributed by atoms with E-state index < -0.39 is 0 Å². The van der Waals surface area contributed by atoms with Crippen molar-refractivity contribution in [3.63, 3.8) is 0 Å². The Kier molecular flexibility index (Phi) is 8.67. The first-order valence-electron chi connectivity index (χ1n) is 8.28. The Hall–Kier alpha value is -0.770. The Bertz CT molecular complexity index is 270. The van der Waals surface area contributed by atoms with Gasteiger partial charge in [-0.25, -0.2) is 0 Å². The van der Waals surface area contributed by atoms with Gasteiger partial charge in [0.2, 0.25) is 0 Å². The normalized spacial score (nSPS) is 17.2. The number of likely N-dealkylation sites (N-methyl/N-ethyl adjacent to an activating group) is 1. The Morgan fingerprint density at radius 1 is 1.20 bits per heavy atom. The van der Waals surface area contributed by atoms with Crippen molar-refractivity contribution in [2.45, 2.75) is 58.4 Å². The standard InChI is InChI=1S/C16H34N4/c1-14(2)20(4)13-12-19-16(17-3)18-11-7-10-15-8-5-6-9-15/h14-15H,5-13H2,1-4H3,(H2,17,18,19). The number of nitrogens with zero attached hydrogens (tertiary/aromatic N) is 2. The van der Waals surface area contributed by atoms with Gasteiger partial charge in [-0.05, 0) is 39.7 Å². The molecule has 0 aliphatic heterocycles. The summed E-state index contributed by atoms with van der Waals surface area (Å²) in [5.41, 5.74) is 0. The maximum absolute atomic E-state index is 4.27. The molecule has 0 bridgehead atoms. The second-order valence-electron chi connectivity index (χ2n) is 6.29. The van der Waals surface area contributed by atoms with Crippen LogP contribution in [-0.2, 0) is 0 Å². The van der Waals surface area contributed by atoms with Gasteiger partial charge in [-0.15, -0.1) is 0 Å². The van der Waals surface area contributed by atoms with E-state index in [4.69, 9.17) is 0 Å². The van der Waals surface area contributed by atoms with Crippen LogP contribution in [-0.4, -0.2) is 50.6 Å². The van der Waals surface area contributed by atoms with Gasteiger partial charge in [0, 0.05) is 32.7 Å². The summed E-state index contributed by atoms with van der Waals surface area (Å²) in [7, 11) is 4.00. The van der Waals surface area contributed by atoms with E-state index in [1.54, 1.807) is 0 Å². The zero-order valence-corrected chi connectivity index (χ0v) is 13.9. The van der Waals surface area contributed by atoms with Crippen LogP contribution in [0.3, 0.4) is 0 Å². The van der Waals surface area contributed by atoms with Crippen LogP contribution >= 0.6 is 0 Å². The largest absolute Gasteiger partial charge is 0.356 e. The molecule has 1 aliphatic carbocycles. The van der Waals surface area contributed by atoms with Gasteiger partial charge >= 0.3 is 0 Å². The van der Waals surface area contributed by atoms with Gasteiger partial charge in [-0.3, -0.25) is 4.99 Å². The summed E-state index contributed by atoms with van der Waals surface area (Å²) in [5, 5.41) is 6.80. The summed E-state index contributed by atoms with van der Waals surface area (Å²) in [4.78, 5) is 6.61. The maximum atomic E-state index is 4.27. The van der Waals surface area contributed by atoms with Crippen molar-refractivity contribution in [3.05, 3.63) is 0 Å². The van der Waals surface area contributed by atoms with E-state index in [1.807, 2.05) is 7.05 Å². The van der Waals surface area contributed by atoms with Gasteiger partial charge in [0.1, 0.15) is 0 Å². The van der Waals surface area contributed by atoms with Crippen molar-refractivity contribution < 1.29 is 0 Å². The fourth-order valence-electron chi connectivity index (χ4n) is 2.73. The summed E-state index contributed by atoms with van der Waals surface area (Å²) >= 11 is 0. The van der Waals surface area contributed by atoms with E-state index in [9.17, 15) is 0 Å². The van der Waals surface area contributed by atoms with E-state index in [2.05, 4.69) is 41.4 Å². The molecule has 1 rings (SSSR count). The molecule has 118 valence electrons. The molecule has 0 unspecified atom stereocenters. The van der Waals surface area contributed by atoms with E-state index in [1.165, 1.54) is 38.5 Å². The zero-order chi connectivity index (χ0) is 14.8. The van der Waals surface area contributed by atoms with Crippen LogP contribution in [0.1, 0.15) is 52.4 Å². The summed E-state index contributed by atoms with van der Waals surface area (Å²) in [6, 6.07) is 0.596. The highest BCUT2D eigenvalue weighted by atomic mass is 15.2. The first kappa shape index (κ1) is 17.3. The number of nitrogens with one attached hydrogen (secondary N) is 2. The van der Waals surface area contributed by atoms with E-state index >= 15 is 0 Å². The van der Waals surface area contributed by atoms with Crippen LogP contribution in [0.2, 0.25) is 0 Å². The Morgan fingerprint density at radius 3 is 2.45 bits per heavy atom. The highest BCUT2D eigenvalue weighted by molar-refractivity contribution is 5.79. The number of hydrogen-bond acceptors (Lipinski definition) is 2. The molecule has 0 saturated heterocycles. The lowest BCUT2D eigenvalue weighted by Crippen LogP contribution is -2.42. The molecule has 4 nitrogen and oxygen atoms in total. The fraction of sp³-hybridized carbons (Fsp3) is 0.938. The minimum absolute atomic E-state index is 0.596. The molecule has 0 atom stereocenters. The Balaban J connectivity index is 2.04. The third-order valence-electron chi connectivity index (χ3n) is 4.42. The second kappa shape index (κ2) is 10.0. The minimum atomic E-state index is 0.596. The first-order chi connectivity index (χ1) is 9.63. The summed E-state index contributed by atoms with van der Waals surface area (Å²) in [5.74, 6) is 1.93. The van der Waals surface area contributed by atoms with Gasteiger partial charge in [-0.2, -0.15) is 0 Å². The van der Waals surface area contributed by atoms with Crippen molar-refractivity contribution in [2.24, 2.45) is 10.9 Å². The summed E-state index contributed by atoms with van der Waals surface area (Å²) in [6.45, 7) is 7.46. The van der Waals surface area contributed by atoms with Gasteiger partial charge in [-0.1, -0.05) is 25.7 Å². The predicted octanol–water partition coefficient (Wildman–Crippen LogP) is 2.46. The molecule has 0 heterocycles. The number of aliphatic imine (C=N–C) groups is 1. The highest BCUT2D eigenvalue weighted by Gasteiger charge is 2.13. The molecule has 0 spiro atoms. The van der Waals surface area contributed by atoms with Crippen LogP contribution in [0.25, 0.3) is 0 Å². The third-order valence-corrected chi connectivity index (χ3v) is 4.42.